The third-order valence-electron chi connectivity index (χ3n) is 2.38. The Morgan fingerprint density at radius 2 is 2.00 bits per heavy atom. The van der Waals surface area contributed by atoms with Gasteiger partial charge in [0.05, 0.1) is 5.25 Å². The maximum Gasteiger partial charge on any atom is 0.316 e. The molecule has 0 aliphatic heterocycles. The third kappa shape index (κ3) is 7.56. The Bertz CT molecular complexity index is 151. The van der Waals surface area contributed by atoms with E-state index in [1.807, 2.05) is 0 Å². The summed E-state index contributed by atoms with van der Waals surface area (Å²) in [6, 6.07) is 0. The molecule has 0 aliphatic carbocycles. The van der Waals surface area contributed by atoms with Gasteiger partial charge in [-0.1, -0.05) is 39.5 Å². The molecule has 0 bridgehead atoms. The monoisotopic (exact) mass is 238 g/mol. The number of carbonyl (C=O) groups is 1. The van der Waals surface area contributed by atoms with Crippen molar-refractivity contribution < 1.29 is 9.90 Å². The van der Waals surface area contributed by atoms with Gasteiger partial charge in [0.2, 0.25) is 0 Å². The first kappa shape index (κ1) is 16.6. The van der Waals surface area contributed by atoms with E-state index in [1.165, 1.54) is 12.8 Å². The normalized spacial score (nSPS) is 14.2. The van der Waals surface area contributed by atoms with Crippen molar-refractivity contribution in [3.8, 4) is 0 Å². The predicted octanol–water partition coefficient (Wildman–Crippen LogP) is 3.09. The minimum Gasteiger partial charge on any atom is -0.480 e. The van der Waals surface area contributed by atoms with Gasteiger partial charge in [-0.3, -0.25) is 4.79 Å². The molecule has 2 atom stereocenters. The van der Waals surface area contributed by atoms with E-state index in [1.54, 1.807) is 0 Å². The van der Waals surface area contributed by atoms with Crippen LogP contribution in [0.5, 0.6) is 0 Å². The lowest BCUT2D eigenvalue weighted by atomic mass is 9.94. The summed E-state index contributed by atoms with van der Waals surface area (Å²) in [6.07, 6.45) is 5.27. The molecule has 0 spiro atoms. The molecule has 86 valence electrons. The Morgan fingerprint density at radius 1 is 1.43 bits per heavy atom. The van der Waals surface area contributed by atoms with Crippen LogP contribution in [-0.4, -0.2) is 16.3 Å². The zero-order valence-electron chi connectivity index (χ0n) is 8.99. The highest BCUT2D eigenvalue weighted by molar-refractivity contribution is 7.81. The lowest BCUT2D eigenvalue weighted by molar-refractivity contribution is -0.136. The Morgan fingerprint density at radius 3 is 2.36 bits per heavy atom. The second kappa shape index (κ2) is 9.71. The standard InChI is InChI=1S/C10H20O2S.H2S/c1-3-5-6-8(4-2)7-9(13)10(11)12;/h8-9,13H,3-7H2,1-2H3,(H,11,12);1H2. The zero-order chi connectivity index (χ0) is 10.3. The molecule has 0 aromatic heterocycles. The molecule has 0 saturated carbocycles. The van der Waals surface area contributed by atoms with E-state index >= 15 is 0 Å². The van der Waals surface area contributed by atoms with Gasteiger partial charge >= 0.3 is 5.97 Å². The van der Waals surface area contributed by atoms with E-state index in [4.69, 9.17) is 5.11 Å². The number of carboxylic acids is 1. The van der Waals surface area contributed by atoms with Crippen molar-refractivity contribution in [2.24, 2.45) is 5.92 Å². The number of aliphatic carboxylic acids is 1. The summed E-state index contributed by atoms with van der Waals surface area (Å²) in [7, 11) is 0. The number of hydrogen-bond donors (Lipinski definition) is 2. The SMILES string of the molecule is CCCCC(CC)CC(S)C(=O)O.S. The summed E-state index contributed by atoms with van der Waals surface area (Å²) >= 11 is 4.04. The van der Waals surface area contributed by atoms with Crippen molar-refractivity contribution >= 4 is 32.1 Å². The smallest absolute Gasteiger partial charge is 0.316 e. The molecular formula is C10H22O2S2. The van der Waals surface area contributed by atoms with Crippen molar-refractivity contribution in [2.75, 3.05) is 0 Å². The molecule has 2 unspecified atom stereocenters. The maximum atomic E-state index is 10.5. The highest BCUT2D eigenvalue weighted by Crippen LogP contribution is 2.20. The summed E-state index contributed by atoms with van der Waals surface area (Å²) < 4.78 is 0. The first-order valence-electron chi connectivity index (χ1n) is 5.02. The summed E-state index contributed by atoms with van der Waals surface area (Å²) in [5.41, 5.74) is 0. The largest absolute Gasteiger partial charge is 0.480 e. The molecule has 0 aromatic rings. The Labute approximate surface area is 99.3 Å². The van der Waals surface area contributed by atoms with E-state index in [0.29, 0.717) is 12.3 Å². The van der Waals surface area contributed by atoms with E-state index < -0.39 is 11.2 Å². The fraction of sp³-hybridized carbons (Fsp3) is 0.900. The van der Waals surface area contributed by atoms with Crippen LogP contribution >= 0.6 is 26.1 Å². The van der Waals surface area contributed by atoms with Crippen LogP contribution in [-0.2, 0) is 4.79 Å². The van der Waals surface area contributed by atoms with Gasteiger partial charge in [-0.2, -0.15) is 26.1 Å². The van der Waals surface area contributed by atoms with Gasteiger partial charge in [-0.15, -0.1) is 0 Å². The molecule has 14 heavy (non-hydrogen) atoms. The molecular weight excluding hydrogens is 216 g/mol. The number of thiol groups is 1. The predicted molar refractivity (Wildman–Crippen MR) is 68.7 cm³/mol. The number of carboxylic acid groups (broad SMARTS) is 1. The van der Waals surface area contributed by atoms with Crippen molar-refractivity contribution in [1.82, 2.24) is 0 Å². The molecule has 0 rings (SSSR count). The Hall–Kier alpha value is 0.170. The fourth-order valence-electron chi connectivity index (χ4n) is 1.40. The van der Waals surface area contributed by atoms with Crippen LogP contribution in [0.3, 0.4) is 0 Å². The molecule has 4 heteroatoms. The van der Waals surface area contributed by atoms with Crippen molar-refractivity contribution in [1.29, 1.82) is 0 Å². The van der Waals surface area contributed by atoms with E-state index in [-0.39, 0.29) is 13.5 Å². The molecule has 1 N–H and O–H groups in total. The molecule has 0 aliphatic rings. The summed E-state index contributed by atoms with van der Waals surface area (Å²) in [4.78, 5) is 10.5. The van der Waals surface area contributed by atoms with Crippen LogP contribution in [0.1, 0.15) is 46.0 Å². The van der Waals surface area contributed by atoms with E-state index in [9.17, 15) is 4.79 Å². The van der Waals surface area contributed by atoms with Gasteiger partial charge in [0.15, 0.2) is 0 Å². The summed E-state index contributed by atoms with van der Waals surface area (Å²) in [5, 5.41) is 8.19. The lowest BCUT2D eigenvalue weighted by Crippen LogP contribution is -2.17. The maximum absolute atomic E-state index is 10.5. The highest BCUT2D eigenvalue weighted by Gasteiger charge is 2.17. The van der Waals surface area contributed by atoms with Crippen LogP contribution in [0.4, 0.5) is 0 Å². The van der Waals surface area contributed by atoms with Crippen LogP contribution < -0.4 is 0 Å². The quantitative estimate of drug-likeness (QED) is 0.669. The first-order valence-corrected chi connectivity index (χ1v) is 5.54. The van der Waals surface area contributed by atoms with Gasteiger partial charge in [-0.25, -0.2) is 0 Å². The highest BCUT2D eigenvalue weighted by atomic mass is 32.1. The van der Waals surface area contributed by atoms with E-state index in [2.05, 4.69) is 26.5 Å². The Balaban J connectivity index is 0. The summed E-state index contributed by atoms with van der Waals surface area (Å²) in [5.74, 6) is -0.267. The van der Waals surface area contributed by atoms with Gasteiger partial charge in [0.25, 0.3) is 0 Å². The first-order chi connectivity index (χ1) is 6.11. The fourth-order valence-corrected chi connectivity index (χ4v) is 1.70. The average Bonchev–Trinajstić information content (AvgIpc) is 2.11. The molecule has 0 saturated heterocycles. The van der Waals surface area contributed by atoms with Crippen molar-refractivity contribution in [3.63, 3.8) is 0 Å². The minimum atomic E-state index is -0.793. The molecule has 2 nitrogen and oxygen atoms in total. The molecule has 0 heterocycles. The number of rotatable bonds is 7. The minimum absolute atomic E-state index is 0. The number of hydrogen-bond acceptors (Lipinski definition) is 2. The van der Waals surface area contributed by atoms with Gasteiger partial charge in [0.1, 0.15) is 0 Å². The second-order valence-electron chi connectivity index (χ2n) is 3.51. The van der Waals surface area contributed by atoms with Crippen molar-refractivity contribution in [3.05, 3.63) is 0 Å². The molecule has 0 fully saturated rings. The topological polar surface area (TPSA) is 37.3 Å². The summed E-state index contributed by atoms with van der Waals surface area (Å²) in [6.45, 7) is 4.27. The van der Waals surface area contributed by atoms with Gasteiger partial charge < -0.3 is 5.11 Å². The second-order valence-corrected chi connectivity index (χ2v) is 4.13. The van der Waals surface area contributed by atoms with E-state index in [0.717, 1.165) is 12.8 Å². The number of unbranched alkanes of at least 4 members (excludes halogenated alkanes) is 1. The molecule has 0 radical (unpaired) electrons. The van der Waals surface area contributed by atoms with Crippen LogP contribution in [0, 0.1) is 5.92 Å². The Kier molecular flexibility index (Phi) is 11.5. The molecule has 0 amide bonds. The third-order valence-corrected chi connectivity index (χ3v) is 2.82. The van der Waals surface area contributed by atoms with Crippen LogP contribution in [0.2, 0.25) is 0 Å². The van der Waals surface area contributed by atoms with Gasteiger partial charge in [0, 0.05) is 0 Å². The lowest BCUT2D eigenvalue weighted by Gasteiger charge is -2.15. The average molecular weight is 238 g/mol. The van der Waals surface area contributed by atoms with Crippen molar-refractivity contribution in [2.45, 2.75) is 51.2 Å². The molecule has 0 aromatic carbocycles. The van der Waals surface area contributed by atoms with Crippen LogP contribution in [0.15, 0.2) is 0 Å². The van der Waals surface area contributed by atoms with Crippen LogP contribution in [0.25, 0.3) is 0 Å². The zero-order valence-corrected chi connectivity index (χ0v) is 10.9. The van der Waals surface area contributed by atoms with Gasteiger partial charge in [-0.05, 0) is 12.3 Å².